The van der Waals surface area contributed by atoms with Gasteiger partial charge in [-0.2, -0.15) is 0 Å². The van der Waals surface area contributed by atoms with Crippen molar-refractivity contribution in [1.29, 1.82) is 0 Å². The lowest BCUT2D eigenvalue weighted by atomic mass is 10.0. The highest BCUT2D eigenvalue weighted by Crippen LogP contribution is 2.27. The molecule has 0 amide bonds. The van der Waals surface area contributed by atoms with Gasteiger partial charge in [-0.15, -0.1) is 0 Å². The van der Waals surface area contributed by atoms with E-state index >= 15 is 0 Å². The molecule has 0 aromatic rings. The Kier molecular flexibility index (Phi) is 3.88. The minimum Gasteiger partial charge on any atom is -0.480 e. The van der Waals surface area contributed by atoms with Crippen molar-refractivity contribution < 1.29 is 18.3 Å². The molecule has 1 aliphatic carbocycles. The summed E-state index contributed by atoms with van der Waals surface area (Å²) >= 11 is 0. The molecule has 0 saturated carbocycles. The van der Waals surface area contributed by atoms with Gasteiger partial charge in [-0.3, -0.25) is 4.79 Å². The zero-order valence-electron chi connectivity index (χ0n) is 9.01. The zero-order valence-corrected chi connectivity index (χ0v) is 9.83. The molecule has 2 N–H and O–H groups in total. The molecule has 1 aliphatic rings. The van der Waals surface area contributed by atoms with Crippen molar-refractivity contribution in [3.63, 3.8) is 0 Å². The molecule has 0 radical (unpaired) electrons. The summed E-state index contributed by atoms with van der Waals surface area (Å²) in [5.41, 5.74) is 0. The first-order valence-electron chi connectivity index (χ1n) is 5.03. The molecule has 0 aliphatic heterocycles. The summed E-state index contributed by atoms with van der Waals surface area (Å²) in [6.45, 7) is 2.06. The monoisotopic (exact) mass is 245 g/mol. The maximum absolute atomic E-state index is 11.9. The van der Waals surface area contributed by atoms with Gasteiger partial charge in [0.05, 0.1) is 0 Å². The van der Waals surface area contributed by atoms with Crippen LogP contribution in [0.5, 0.6) is 0 Å². The summed E-state index contributed by atoms with van der Waals surface area (Å²) < 4.78 is 24.3. The van der Waals surface area contributed by atoms with Gasteiger partial charge < -0.3 is 5.11 Å². The van der Waals surface area contributed by atoms with E-state index in [1.54, 1.807) is 12.2 Å². The van der Waals surface area contributed by atoms with Crippen molar-refractivity contribution in [2.75, 3.05) is 6.54 Å². The number of hydrogen-bond donors (Lipinski definition) is 2. The molecule has 1 rings (SSSR count). The van der Waals surface area contributed by atoms with E-state index in [-0.39, 0.29) is 13.0 Å². The number of aliphatic carboxylic acids is 1. The fraction of sp³-hybridized carbons (Fsp3) is 0.500. The molecular formula is C10H15NO4S. The summed E-state index contributed by atoms with van der Waals surface area (Å²) in [6, 6.07) is 0. The maximum Gasteiger partial charge on any atom is 0.330 e. The van der Waals surface area contributed by atoms with Gasteiger partial charge >= 0.3 is 5.97 Å². The van der Waals surface area contributed by atoms with Crippen LogP contribution in [-0.4, -0.2) is 30.8 Å². The SMILES string of the molecule is CCCNS(=O)(=O)C1(C(=O)O)C=CC=CC1. The molecule has 0 bridgehead atoms. The van der Waals surface area contributed by atoms with Crippen LogP contribution >= 0.6 is 0 Å². The van der Waals surface area contributed by atoms with Crippen LogP contribution in [0.2, 0.25) is 0 Å². The molecule has 0 heterocycles. The van der Waals surface area contributed by atoms with E-state index < -0.39 is 20.7 Å². The van der Waals surface area contributed by atoms with Crippen molar-refractivity contribution in [3.8, 4) is 0 Å². The van der Waals surface area contributed by atoms with Gasteiger partial charge in [0.25, 0.3) is 0 Å². The number of carboxylic acid groups (broad SMARTS) is 1. The second kappa shape index (κ2) is 4.80. The van der Waals surface area contributed by atoms with Crippen LogP contribution in [0.25, 0.3) is 0 Å². The number of carbonyl (C=O) groups is 1. The average Bonchev–Trinajstić information content (AvgIpc) is 2.27. The minimum atomic E-state index is -3.89. The van der Waals surface area contributed by atoms with Crippen LogP contribution in [0.3, 0.4) is 0 Å². The topological polar surface area (TPSA) is 83.5 Å². The Morgan fingerprint density at radius 1 is 1.50 bits per heavy atom. The second-order valence-electron chi connectivity index (χ2n) is 3.58. The Morgan fingerprint density at radius 3 is 2.62 bits per heavy atom. The fourth-order valence-electron chi connectivity index (χ4n) is 1.44. The predicted octanol–water partition coefficient (Wildman–Crippen LogP) is 0.655. The van der Waals surface area contributed by atoms with E-state index in [0.29, 0.717) is 6.42 Å². The summed E-state index contributed by atoms with van der Waals surface area (Å²) in [5.74, 6) is -1.35. The molecule has 0 saturated heterocycles. The Balaban J connectivity index is 3.08. The highest BCUT2D eigenvalue weighted by atomic mass is 32.2. The third-order valence-electron chi connectivity index (χ3n) is 2.42. The Morgan fingerprint density at radius 2 is 2.19 bits per heavy atom. The lowest BCUT2D eigenvalue weighted by Crippen LogP contribution is -2.51. The number of carboxylic acids is 1. The van der Waals surface area contributed by atoms with E-state index in [2.05, 4.69) is 4.72 Å². The van der Waals surface area contributed by atoms with Crippen LogP contribution < -0.4 is 4.72 Å². The lowest BCUT2D eigenvalue weighted by Gasteiger charge is -2.26. The first-order chi connectivity index (χ1) is 7.46. The molecule has 1 unspecified atom stereocenters. The summed E-state index contributed by atoms with van der Waals surface area (Å²) in [6.07, 6.45) is 6.41. The van der Waals surface area contributed by atoms with Gasteiger partial charge in [-0.25, -0.2) is 13.1 Å². The normalized spacial score (nSPS) is 24.6. The number of hydrogen-bond acceptors (Lipinski definition) is 3. The van der Waals surface area contributed by atoms with Gasteiger partial charge in [0.2, 0.25) is 14.8 Å². The standard InChI is InChI=1S/C10H15NO4S/c1-2-8-11-16(14,15)10(9(12)13)6-4-3-5-7-10/h3-6,11H,2,7-8H2,1H3,(H,12,13). The van der Waals surface area contributed by atoms with Gasteiger partial charge in [0.15, 0.2) is 0 Å². The Bertz CT molecular complexity index is 424. The molecule has 0 aromatic carbocycles. The third kappa shape index (κ3) is 2.17. The highest BCUT2D eigenvalue weighted by molar-refractivity contribution is 7.91. The summed E-state index contributed by atoms with van der Waals surface area (Å²) in [7, 11) is -3.89. The average molecular weight is 245 g/mol. The predicted molar refractivity (Wildman–Crippen MR) is 60.5 cm³/mol. The van der Waals surface area contributed by atoms with E-state index in [0.717, 1.165) is 0 Å². The van der Waals surface area contributed by atoms with Crippen LogP contribution in [0.4, 0.5) is 0 Å². The third-order valence-corrected chi connectivity index (χ3v) is 4.44. The number of sulfonamides is 1. The summed E-state index contributed by atoms with van der Waals surface area (Å²) in [4.78, 5) is 11.2. The van der Waals surface area contributed by atoms with E-state index in [1.807, 2.05) is 6.92 Å². The highest BCUT2D eigenvalue weighted by Gasteiger charge is 2.48. The molecule has 0 aromatic heterocycles. The van der Waals surface area contributed by atoms with Gasteiger partial charge in [-0.05, 0) is 6.42 Å². The molecule has 5 nitrogen and oxygen atoms in total. The van der Waals surface area contributed by atoms with Gasteiger partial charge in [0.1, 0.15) is 0 Å². The van der Waals surface area contributed by atoms with E-state index in [9.17, 15) is 13.2 Å². The molecular weight excluding hydrogens is 230 g/mol. The minimum absolute atomic E-state index is 0.0438. The van der Waals surface area contributed by atoms with Crippen LogP contribution in [0.1, 0.15) is 19.8 Å². The smallest absolute Gasteiger partial charge is 0.330 e. The first kappa shape index (κ1) is 12.9. The summed E-state index contributed by atoms with van der Waals surface area (Å²) in [5, 5.41) is 9.12. The zero-order chi connectivity index (χ0) is 12.2. The lowest BCUT2D eigenvalue weighted by molar-refractivity contribution is -0.138. The van der Waals surface area contributed by atoms with E-state index in [1.165, 1.54) is 12.2 Å². The van der Waals surface area contributed by atoms with Crippen LogP contribution in [0.15, 0.2) is 24.3 Å². The van der Waals surface area contributed by atoms with Gasteiger partial charge in [-0.1, -0.05) is 31.2 Å². The maximum atomic E-state index is 11.9. The molecule has 90 valence electrons. The van der Waals surface area contributed by atoms with Crippen LogP contribution in [0, 0.1) is 0 Å². The number of allylic oxidation sites excluding steroid dienone is 3. The van der Waals surface area contributed by atoms with Gasteiger partial charge in [0, 0.05) is 13.0 Å². The number of nitrogens with one attached hydrogen (secondary N) is 1. The Hall–Kier alpha value is -1.14. The molecule has 1 atom stereocenters. The quantitative estimate of drug-likeness (QED) is 0.745. The van der Waals surface area contributed by atoms with Crippen LogP contribution in [-0.2, 0) is 14.8 Å². The van der Waals surface area contributed by atoms with Crippen molar-refractivity contribution in [2.24, 2.45) is 0 Å². The Labute approximate surface area is 94.9 Å². The van der Waals surface area contributed by atoms with Crippen molar-refractivity contribution in [1.82, 2.24) is 4.72 Å². The largest absolute Gasteiger partial charge is 0.480 e. The molecule has 0 spiro atoms. The van der Waals surface area contributed by atoms with Crippen molar-refractivity contribution in [2.45, 2.75) is 24.5 Å². The van der Waals surface area contributed by atoms with E-state index in [4.69, 9.17) is 5.11 Å². The second-order valence-corrected chi connectivity index (χ2v) is 5.61. The first-order valence-corrected chi connectivity index (χ1v) is 6.51. The number of rotatable bonds is 5. The molecule has 6 heteroatoms. The van der Waals surface area contributed by atoms with Crippen molar-refractivity contribution in [3.05, 3.63) is 24.3 Å². The van der Waals surface area contributed by atoms with Crippen molar-refractivity contribution >= 4 is 16.0 Å². The fourth-order valence-corrected chi connectivity index (χ4v) is 2.97. The molecule has 16 heavy (non-hydrogen) atoms. The molecule has 0 fully saturated rings.